The van der Waals surface area contributed by atoms with Crippen LogP contribution in [0.2, 0.25) is 0 Å². The Bertz CT molecular complexity index is 370. The molecule has 1 fully saturated rings. The summed E-state index contributed by atoms with van der Waals surface area (Å²) in [6.45, 7) is 9.06. The molecule has 2 atom stereocenters. The zero-order chi connectivity index (χ0) is 14.4. The lowest BCUT2D eigenvalue weighted by Crippen LogP contribution is -2.56. The second-order valence-corrected chi connectivity index (χ2v) is 6.98. The molecule has 0 spiro atoms. The number of rotatable bonds is 2. The summed E-state index contributed by atoms with van der Waals surface area (Å²) in [5.41, 5.74) is 3.71. The van der Waals surface area contributed by atoms with Gasteiger partial charge in [0.1, 0.15) is 11.1 Å². The van der Waals surface area contributed by atoms with Crippen molar-refractivity contribution in [3.8, 4) is 0 Å². The maximum atomic E-state index is 12.2. The van der Waals surface area contributed by atoms with E-state index in [0.29, 0.717) is 12.8 Å². The third-order valence-electron chi connectivity index (χ3n) is 3.23. The van der Waals surface area contributed by atoms with Crippen molar-refractivity contribution in [2.24, 2.45) is 17.1 Å². The summed E-state index contributed by atoms with van der Waals surface area (Å²) in [4.78, 5) is 23.5. The smallest absolute Gasteiger partial charge is 0.327 e. The average molecular weight is 257 g/mol. The van der Waals surface area contributed by atoms with Gasteiger partial charge in [-0.15, -0.1) is 0 Å². The van der Waals surface area contributed by atoms with E-state index in [1.807, 2.05) is 13.8 Å². The number of esters is 1. The summed E-state index contributed by atoms with van der Waals surface area (Å²) in [6, 6.07) is 0. The van der Waals surface area contributed by atoms with Gasteiger partial charge in [-0.2, -0.15) is 0 Å². The fraction of sp³-hybridized carbons (Fsp3) is 0.846. The Kier molecular flexibility index (Phi) is 3.51. The van der Waals surface area contributed by atoms with Gasteiger partial charge in [0, 0.05) is 0 Å². The maximum Gasteiger partial charge on any atom is 0.327 e. The van der Waals surface area contributed by atoms with Gasteiger partial charge in [-0.05, 0) is 39.0 Å². The normalized spacial score (nSPS) is 31.1. The molecule has 18 heavy (non-hydrogen) atoms. The molecule has 0 saturated heterocycles. The van der Waals surface area contributed by atoms with Crippen LogP contribution < -0.4 is 5.73 Å². The molecular formula is C13H23NO4. The number of hydrogen-bond acceptors (Lipinski definition) is 4. The molecule has 1 saturated carbocycles. The van der Waals surface area contributed by atoms with Crippen LogP contribution >= 0.6 is 0 Å². The highest BCUT2D eigenvalue weighted by Gasteiger charge is 2.57. The number of carboxylic acids is 1. The van der Waals surface area contributed by atoms with E-state index < -0.39 is 29.0 Å². The highest BCUT2D eigenvalue weighted by molar-refractivity contribution is 5.89. The van der Waals surface area contributed by atoms with E-state index in [9.17, 15) is 14.7 Å². The highest BCUT2D eigenvalue weighted by Crippen LogP contribution is 2.47. The van der Waals surface area contributed by atoms with Crippen molar-refractivity contribution in [1.29, 1.82) is 0 Å². The van der Waals surface area contributed by atoms with Gasteiger partial charge in [0.2, 0.25) is 0 Å². The van der Waals surface area contributed by atoms with Crippen LogP contribution in [0.1, 0.15) is 47.5 Å². The van der Waals surface area contributed by atoms with E-state index in [0.717, 1.165) is 0 Å². The number of carboxylic acid groups (broad SMARTS) is 1. The highest BCUT2D eigenvalue weighted by atomic mass is 16.6. The van der Waals surface area contributed by atoms with Gasteiger partial charge >= 0.3 is 11.9 Å². The molecule has 5 nitrogen and oxygen atoms in total. The third-order valence-corrected chi connectivity index (χ3v) is 3.23. The summed E-state index contributed by atoms with van der Waals surface area (Å²) >= 11 is 0. The summed E-state index contributed by atoms with van der Waals surface area (Å²) in [7, 11) is 0. The molecule has 0 aromatic rings. The maximum absolute atomic E-state index is 12.2. The Morgan fingerprint density at radius 2 is 1.83 bits per heavy atom. The van der Waals surface area contributed by atoms with Gasteiger partial charge in [-0.1, -0.05) is 13.8 Å². The lowest BCUT2D eigenvalue weighted by molar-refractivity contribution is -0.167. The molecule has 0 aromatic carbocycles. The van der Waals surface area contributed by atoms with Crippen LogP contribution in [0, 0.1) is 11.3 Å². The first kappa shape index (κ1) is 15.0. The van der Waals surface area contributed by atoms with Gasteiger partial charge in [0.15, 0.2) is 0 Å². The lowest BCUT2D eigenvalue weighted by Gasteiger charge is -2.31. The Labute approximate surface area is 108 Å². The first-order chi connectivity index (χ1) is 7.87. The topological polar surface area (TPSA) is 89.6 Å². The number of carbonyl (C=O) groups is 2. The summed E-state index contributed by atoms with van der Waals surface area (Å²) in [6.07, 6.45) is 0.712. The van der Waals surface area contributed by atoms with Gasteiger partial charge in [0.05, 0.1) is 5.92 Å². The standard InChI is InChI=1S/C13H23NO4/c1-11(2,3)18-10(17)13(14)7-12(4,5)6-8(13)9(15)16/h8H,6-7,14H2,1-5H3,(H,15,16)/t8?,13-/m1/s1. The summed E-state index contributed by atoms with van der Waals surface area (Å²) in [5.74, 6) is -2.54. The fourth-order valence-corrected chi connectivity index (χ4v) is 2.62. The molecule has 104 valence electrons. The first-order valence-electron chi connectivity index (χ1n) is 6.13. The van der Waals surface area contributed by atoms with Crippen LogP contribution in [0.15, 0.2) is 0 Å². The van der Waals surface area contributed by atoms with E-state index in [2.05, 4.69) is 0 Å². The number of aliphatic carboxylic acids is 1. The van der Waals surface area contributed by atoms with Gasteiger partial charge < -0.3 is 15.6 Å². The van der Waals surface area contributed by atoms with Crippen LogP contribution in [0.5, 0.6) is 0 Å². The Hall–Kier alpha value is -1.10. The molecule has 0 bridgehead atoms. The zero-order valence-electron chi connectivity index (χ0n) is 11.7. The van der Waals surface area contributed by atoms with Crippen molar-refractivity contribution < 1.29 is 19.4 Å². The minimum atomic E-state index is -1.43. The van der Waals surface area contributed by atoms with E-state index >= 15 is 0 Å². The molecular weight excluding hydrogens is 234 g/mol. The average Bonchev–Trinajstić information content (AvgIpc) is 2.34. The van der Waals surface area contributed by atoms with Crippen molar-refractivity contribution in [1.82, 2.24) is 0 Å². The van der Waals surface area contributed by atoms with Crippen LogP contribution in [0.25, 0.3) is 0 Å². The van der Waals surface area contributed by atoms with E-state index in [4.69, 9.17) is 10.5 Å². The van der Waals surface area contributed by atoms with Crippen LogP contribution in [0.3, 0.4) is 0 Å². The fourth-order valence-electron chi connectivity index (χ4n) is 2.62. The number of nitrogens with two attached hydrogens (primary N) is 1. The molecule has 1 rings (SSSR count). The summed E-state index contributed by atoms with van der Waals surface area (Å²) < 4.78 is 5.27. The molecule has 0 amide bonds. The predicted octanol–water partition coefficient (Wildman–Crippen LogP) is 1.55. The number of carbonyl (C=O) groups excluding carboxylic acids is 1. The van der Waals surface area contributed by atoms with E-state index in [1.165, 1.54) is 0 Å². The van der Waals surface area contributed by atoms with Crippen molar-refractivity contribution in [3.05, 3.63) is 0 Å². The number of ether oxygens (including phenoxy) is 1. The monoisotopic (exact) mass is 257 g/mol. The SMILES string of the molecule is CC1(C)CC(C(=O)O)[C@@](N)(C(=O)OC(C)(C)C)C1. The molecule has 3 N–H and O–H groups in total. The molecule has 1 unspecified atom stereocenters. The summed E-state index contributed by atoms with van der Waals surface area (Å²) in [5, 5.41) is 9.24. The Balaban J connectivity index is 3.02. The second-order valence-electron chi connectivity index (χ2n) is 6.98. The van der Waals surface area contributed by atoms with Crippen LogP contribution in [0.4, 0.5) is 0 Å². The molecule has 1 aliphatic carbocycles. The number of hydrogen-bond donors (Lipinski definition) is 2. The Morgan fingerprint density at radius 3 is 2.22 bits per heavy atom. The zero-order valence-corrected chi connectivity index (χ0v) is 11.7. The molecule has 1 aliphatic rings. The van der Waals surface area contributed by atoms with Gasteiger partial charge in [0.25, 0.3) is 0 Å². The minimum Gasteiger partial charge on any atom is -0.481 e. The van der Waals surface area contributed by atoms with E-state index in [-0.39, 0.29) is 5.41 Å². The Morgan fingerprint density at radius 1 is 1.33 bits per heavy atom. The quantitative estimate of drug-likeness (QED) is 0.732. The molecule has 5 heteroatoms. The third kappa shape index (κ3) is 3.02. The van der Waals surface area contributed by atoms with Crippen LogP contribution in [-0.4, -0.2) is 28.2 Å². The lowest BCUT2D eigenvalue weighted by atomic mass is 9.86. The first-order valence-corrected chi connectivity index (χ1v) is 6.13. The predicted molar refractivity (Wildman–Crippen MR) is 66.9 cm³/mol. The van der Waals surface area contributed by atoms with Crippen LogP contribution in [-0.2, 0) is 14.3 Å². The molecule has 0 heterocycles. The van der Waals surface area contributed by atoms with Crippen molar-refractivity contribution in [3.63, 3.8) is 0 Å². The van der Waals surface area contributed by atoms with Gasteiger partial charge in [-0.25, -0.2) is 0 Å². The second kappa shape index (κ2) is 4.23. The van der Waals surface area contributed by atoms with E-state index in [1.54, 1.807) is 20.8 Å². The van der Waals surface area contributed by atoms with Crippen molar-refractivity contribution in [2.45, 2.75) is 58.6 Å². The van der Waals surface area contributed by atoms with Gasteiger partial charge in [-0.3, -0.25) is 9.59 Å². The van der Waals surface area contributed by atoms with Crippen molar-refractivity contribution >= 4 is 11.9 Å². The molecule has 0 radical (unpaired) electrons. The molecule has 0 aromatic heterocycles. The van der Waals surface area contributed by atoms with Crippen molar-refractivity contribution in [2.75, 3.05) is 0 Å². The largest absolute Gasteiger partial charge is 0.481 e. The molecule has 0 aliphatic heterocycles. The minimum absolute atomic E-state index is 0.269.